The molecule has 0 bridgehead atoms. The van der Waals surface area contributed by atoms with Crippen molar-refractivity contribution < 1.29 is 9.47 Å². The van der Waals surface area contributed by atoms with Gasteiger partial charge in [0.25, 0.3) is 0 Å². The molecule has 0 aliphatic carbocycles. The topological polar surface area (TPSA) is 74.1 Å². The second-order valence-corrected chi connectivity index (χ2v) is 4.27. The Kier molecular flexibility index (Phi) is 4.52. The molecule has 1 aromatic heterocycles. The average molecular weight is 277 g/mol. The first-order chi connectivity index (χ1) is 9.71. The minimum Gasteiger partial charge on any atom is -0.493 e. The molecule has 0 saturated heterocycles. The van der Waals surface area contributed by atoms with E-state index < -0.39 is 0 Å². The monoisotopic (exact) mass is 277 g/mol. The van der Waals surface area contributed by atoms with Crippen molar-refractivity contribution in [1.82, 2.24) is 25.5 Å². The van der Waals surface area contributed by atoms with E-state index in [1.165, 1.54) is 0 Å². The molecular weight excluding hydrogens is 258 g/mol. The highest BCUT2D eigenvalue weighted by Crippen LogP contribution is 2.29. The van der Waals surface area contributed by atoms with Crippen LogP contribution in [0.2, 0.25) is 0 Å². The van der Waals surface area contributed by atoms with Crippen LogP contribution in [0.15, 0.2) is 18.2 Å². The van der Waals surface area contributed by atoms with Gasteiger partial charge in [0.1, 0.15) is 0 Å². The smallest absolute Gasteiger partial charge is 0.173 e. The third-order valence-corrected chi connectivity index (χ3v) is 3.00. The van der Waals surface area contributed by atoms with E-state index in [0.717, 1.165) is 18.1 Å². The molecular formula is C13H19N5O2. The van der Waals surface area contributed by atoms with Gasteiger partial charge in [0.15, 0.2) is 17.3 Å². The zero-order chi connectivity index (χ0) is 14.5. The van der Waals surface area contributed by atoms with Crippen LogP contribution in [0.4, 0.5) is 0 Å². The van der Waals surface area contributed by atoms with Crippen molar-refractivity contribution in [1.29, 1.82) is 0 Å². The number of rotatable bonds is 6. The highest BCUT2D eigenvalue weighted by molar-refractivity contribution is 5.48. The van der Waals surface area contributed by atoms with Crippen molar-refractivity contribution >= 4 is 0 Å². The zero-order valence-electron chi connectivity index (χ0n) is 12.1. The molecule has 1 unspecified atom stereocenters. The fourth-order valence-corrected chi connectivity index (χ4v) is 2.00. The lowest BCUT2D eigenvalue weighted by atomic mass is 10.2. The molecule has 1 heterocycles. The largest absolute Gasteiger partial charge is 0.493 e. The van der Waals surface area contributed by atoms with Crippen molar-refractivity contribution in [2.24, 2.45) is 0 Å². The van der Waals surface area contributed by atoms with Crippen LogP contribution in [-0.4, -0.2) is 41.0 Å². The maximum absolute atomic E-state index is 5.30. The number of nitrogens with one attached hydrogen (secondary N) is 1. The summed E-state index contributed by atoms with van der Waals surface area (Å²) in [5, 5.41) is 15.2. The van der Waals surface area contributed by atoms with E-state index in [1.54, 1.807) is 18.9 Å². The standard InChI is InChI=1S/C13H19N5O2/c1-5-14-9(2)13-15-16-17-18(13)10-6-7-11(19-3)12(8-10)20-4/h6-9,14H,5H2,1-4H3. The first-order valence-electron chi connectivity index (χ1n) is 6.45. The van der Waals surface area contributed by atoms with Crippen LogP contribution in [-0.2, 0) is 0 Å². The third kappa shape index (κ3) is 2.72. The molecule has 1 atom stereocenters. The molecule has 0 fully saturated rings. The Balaban J connectivity index is 2.39. The third-order valence-electron chi connectivity index (χ3n) is 3.00. The maximum Gasteiger partial charge on any atom is 0.173 e. The van der Waals surface area contributed by atoms with Gasteiger partial charge in [0.2, 0.25) is 0 Å². The SMILES string of the molecule is CCNC(C)c1nnnn1-c1ccc(OC)c(OC)c1. The van der Waals surface area contributed by atoms with Gasteiger partial charge in [-0.15, -0.1) is 5.10 Å². The van der Waals surface area contributed by atoms with Gasteiger partial charge in [-0.25, -0.2) is 0 Å². The molecule has 0 spiro atoms. The molecule has 0 radical (unpaired) electrons. The van der Waals surface area contributed by atoms with Gasteiger partial charge < -0.3 is 14.8 Å². The molecule has 20 heavy (non-hydrogen) atoms. The Labute approximate surface area is 117 Å². The number of methoxy groups -OCH3 is 2. The van der Waals surface area contributed by atoms with E-state index >= 15 is 0 Å². The fourth-order valence-electron chi connectivity index (χ4n) is 2.00. The summed E-state index contributed by atoms with van der Waals surface area (Å²) in [6, 6.07) is 5.62. The number of tetrazole rings is 1. The van der Waals surface area contributed by atoms with Crippen molar-refractivity contribution in [2.75, 3.05) is 20.8 Å². The minimum atomic E-state index is 0.0584. The molecule has 0 saturated carbocycles. The lowest BCUT2D eigenvalue weighted by Crippen LogP contribution is -2.21. The molecule has 2 rings (SSSR count). The number of hydrogen-bond donors (Lipinski definition) is 1. The molecule has 2 aromatic rings. The number of ether oxygens (including phenoxy) is 2. The molecule has 0 aliphatic heterocycles. The summed E-state index contributed by atoms with van der Waals surface area (Å²) < 4.78 is 12.2. The van der Waals surface area contributed by atoms with Crippen LogP contribution in [0, 0.1) is 0 Å². The summed E-state index contributed by atoms with van der Waals surface area (Å²) in [5.74, 6) is 2.06. The molecule has 7 nitrogen and oxygen atoms in total. The summed E-state index contributed by atoms with van der Waals surface area (Å²) in [6.45, 7) is 4.91. The minimum absolute atomic E-state index is 0.0584. The second-order valence-electron chi connectivity index (χ2n) is 4.27. The Bertz CT molecular complexity index is 570. The van der Waals surface area contributed by atoms with Gasteiger partial charge in [-0.05, 0) is 36.0 Å². The molecule has 1 N–H and O–H groups in total. The van der Waals surface area contributed by atoms with E-state index in [1.807, 2.05) is 32.0 Å². The van der Waals surface area contributed by atoms with Gasteiger partial charge in [-0.1, -0.05) is 6.92 Å². The maximum atomic E-state index is 5.30. The van der Waals surface area contributed by atoms with Crippen molar-refractivity contribution in [2.45, 2.75) is 19.9 Å². The highest BCUT2D eigenvalue weighted by Gasteiger charge is 2.16. The van der Waals surface area contributed by atoms with Gasteiger partial charge in [-0.3, -0.25) is 0 Å². The molecule has 7 heteroatoms. The number of benzene rings is 1. The van der Waals surface area contributed by atoms with Gasteiger partial charge in [0.05, 0.1) is 25.9 Å². The van der Waals surface area contributed by atoms with Crippen LogP contribution in [0.5, 0.6) is 11.5 Å². The predicted molar refractivity (Wildman–Crippen MR) is 74.3 cm³/mol. The van der Waals surface area contributed by atoms with Gasteiger partial charge in [-0.2, -0.15) is 4.68 Å². The summed E-state index contributed by atoms with van der Waals surface area (Å²) in [5.41, 5.74) is 0.826. The van der Waals surface area contributed by atoms with Crippen LogP contribution < -0.4 is 14.8 Å². The fraction of sp³-hybridized carbons (Fsp3) is 0.462. The number of aromatic nitrogens is 4. The van der Waals surface area contributed by atoms with Crippen molar-refractivity contribution in [3.05, 3.63) is 24.0 Å². The van der Waals surface area contributed by atoms with E-state index in [9.17, 15) is 0 Å². The summed E-state index contributed by atoms with van der Waals surface area (Å²) in [7, 11) is 3.20. The first-order valence-corrected chi connectivity index (χ1v) is 6.45. The Morgan fingerprint density at radius 2 is 2.00 bits per heavy atom. The van der Waals surface area contributed by atoms with E-state index in [2.05, 4.69) is 20.8 Å². The predicted octanol–water partition coefficient (Wildman–Crippen LogP) is 1.35. The lowest BCUT2D eigenvalue weighted by Gasteiger charge is -2.13. The summed E-state index contributed by atoms with van der Waals surface area (Å²) in [4.78, 5) is 0. The average Bonchev–Trinajstić information content (AvgIpc) is 2.96. The van der Waals surface area contributed by atoms with E-state index in [-0.39, 0.29) is 6.04 Å². The Morgan fingerprint density at radius 3 is 2.65 bits per heavy atom. The van der Waals surface area contributed by atoms with Crippen molar-refractivity contribution in [3.63, 3.8) is 0 Å². The number of hydrogen-bond acceptors (Lipinski definition) is 6. The van der Waals surface area contributed by atoms with Crippen LogP contribution in [0.3, 0.4) is 0 Å². The van der Waals surface area contributed by atoms with Crippen LogP contribution >= 0.6 is 0 Å². The second kappa shape index (κ2) is 6.33. The summed E-state index contributed by atoms with van der Waals surface area (Å²) >= 11 is 0. The molecule has 0 aliphatic rings. The lowest BCUT2D eigenvalue weighted by molar-refractivity contribution is 0.354. The zero-order valence-corrected chi connectivity index (χ0v) is 12.1. The van der Waals surface area contributed by atoms with Crippen molar-refractivity contribution in [3.8, 4) is 17.2 Å². The quantitative estimate of drug-likeness (QED) is 0.859. The molecule has 108 valence electrons. The Hall–Kier alpha value is -2.15. The molecule has 0 amide bonds. The van der Waals surface area contributed by atoms with Crippen LogP contribution in [0.1, 0.15) is 25.7 Å². The number of nitrogens with zero attached hydrogens (tertiary/aromatic N) is 4. The Morgan fingerprint density at radius 1 is 1.25 bits per heavy atom. The van der Waals surface area contributed by atoms with Gasteiger partial charge in [0, 0.05) is 6.07 Å². The molecule has 1 aromatic carbocycles. The van der Waals surface area contributed by atoms with E-state index in [4.69, 9.17) is 9.47 Å². The normalized spacial score (nSPS) is 12.2. The van der Waals surface area contributed by atoms with Crippen LogP contribution in [0.25, 0.3) is 5.69 Å². The first kappa shape index (κ1) is 14.3. The van der Waals surface area contributed by atoms with Gasteiger partial charge >= 0.3 is 0 Å². The summed E-state index contributed by atoms with van der Waals surface area (Å²) in [6.07, 6.45) is 0. The highest BCUT2D eigenvalue weighted by atomic mass is 16.5. The van der Waals surface area contributed by atoms with E-state index in [0.29, 0.717) is 11.5 Å².